The Bertz CT molecular complexity index is 446. The molecule has 1 N–H and O–H groups in total. The van der Waals surface area contributed by atoms with Crippen molar-refractivity contribution in [3.63, 3.8) is 0 Å². The van der Waals surface area contributed by atoms with Crippen LogP contribution in [0.5, 0.6) is 0 Å². The van der Waals surface area contributed by atoms with Crippen LogP contribution in [0.4, 0.5) is 5.69 Å². The maximum absolute atomic E-state index is 4.18. The first-order chi connectivity index (χ1) is 7.36. The second kappa shape index (κ2) is 4.75. The maximum Gasteiger partial charge on any atom is 0.0644 e. The van der Waals surface area contributed by atoms with Gasteiger partial charge in [0.1, 0.15) is 0 Å². The topological polar surface area (TPSA) is 24.4 Å². The number of anilines is 1. The first kappa shape index (κ1) is 9.93. The van der Waals surface area contributed by atoms with E-state index < -0.39 is 0 Å². The number of nitrogens with one attached hydrogen (secondary N) is 1. The lowest BCUT2D eigenvalue weighted by atomic mass is 10.2. The predicted molar refractivity (Wildman–Crippen MR) is 66.7 cm³/mol. The molecule has 0 saturated heterocycles. The Hall–Kier alpha value is -1.61. The number of hydrazone groups is 1. The zero-order chi connectivity index (χ0) is 10.5. The Labute approximate surface area is 93.3 Å². The highest BCUT2D eigenvalue weighted by Gasteiger charge is 1.92. The van der Waals surface area contributed by atoms with Gasteiger partial charge in [-0.15, -0.1) is 11.3 Å². The summed E-state index contributed by atoms with van der Waals surface area (Å²) < 4.78 is 0. The van der Waals surface area contributed by atoms with Crippen LogP contribution in [0.3, 0.4) is 0 Å². The number of hydrogen-bond acceptors (Lipinski definition) is 3. The molecule has 2 nitrogen and oxygen atoms in total. The van der Waals surface area contributed by atoms with Crippen molar-refractivity contribution < 1.29 is 0 Å². The molecule has 2 aromatic rings. The highest BCUT2D eigenvalue weighted by molar-refractivity contribution is 7.11. The van der Waals surface area contributed by atoms with Crippen LogP contribution < -0.4 is 5.43 Å². The van der Waals surface area contributed by atoms with Gasteiger partial charge in [-0.1, -0.05) is 24.3 Å². The van der Waals surface area contributed by atoms with Crippen LogP contribution in [0.2, 0.25) is 0 Å². The van der Waals surface area contributed by atoms with Crippen LogP contribution in [-0.2, 0) is 0 Å². The van der Waals surface area contributed by atoms with Crippen molar-refractivity contribution >= 4 is 23.2 Å². The van der Waals surface area contributed by atoms with Crippen molar-refractivity contribution in [3.8, 4) is 0 Å². The van der Waals surface area contributed by atoms with Gasteiger partial charge in [0.25, 0.3) is 0 Å². The smallest absolute Gasteiger partial charge is 0.0644 e. The van der Waals surface area contributed by atoms with Gasteiger partial charge in [-0.25, -0.2) is 0 Å². The summed E-state index contributed by atoms with van der Waals surface area (Å²) in [6.45, 7) is 2.06. The van der Waals surface area contributed by atoms with Crippen LogP contribution in [-0.4, -0.2) is 6.21 Å². The molecule has 0 aliphatic rings. The highest BCUT2D eigenvalue weighted by Crippen LogP contribution is 2.13. The van der Waals surface area contributed by atoms with Gasteiger partial charge in [-0.2, -0.15) is 5.10 Å². The monoisotopic (exact) mass is 216 g/mol. The van der Waals surface area contributed by atoms with E-state index in [4.69, 9.17) is 0 Å². The van der Waals surface area contributed by atoms with Crippen molar-refractivity contribution in [3.05, 3.63) is 52.2 Å². The van der Waals surface area contributed by atoms with Crippen molar-refractivity contribution in [2.45, 2.75) is 6.92 Å². The van der Waals surface area contributed by atoms with Crippen molar-refractivity contribution in [2.24, 2.45) is 5.10 Å². The molecule has 0 saturated carbocycles. The SMILES string of the molecule is Cc1ccccc1NN=Cc1cccs1. The normalized spacial score (nSPS) is 10.7. The minimum atomic E-state index is 1.05. The number of para-hydroxylation sites is 1. The van der Waals surface area contributed by atoms with Gasteiger partial charge in [0.05, 0.1) is 11.9 Å². The zero-order valence-electron chi connectivity index (χ0n) is 8.47. The minimum Gasteiger partial charge on any atom is -0.278 e. The summed E-state index contributed by atoms with van der Waals surface area (Å²) in [6, 6.07) is 12.1. The van der Waals surface area contributed by atoms with Crippen LogP contribution in [0, 0.1) is 6.92 Å². The number of thiophene rings is 1. The van der Waals surface area contributed by atoms with E-state index in [1.165, 1.54) is 5.56 Å². The molecule has 2 rings (SSSR count). The largest absolute Gasteiger partial charge is 0.278 e. The molecule has 1 aromatic carbocycles. The summed E-state index contributed by atoms with van der Waals surface area (Å²) >= 11 is 1.67. The van der Waals surface area contributed by atoms with E-state index in [1.807, 2.05) is 41.9 Å². The maximum atomic E-state index is 4.18. The van der Waals surface area contributed by atoms with E-state index >= 15 is 0 Å². The third-order valence-electron chi connectivity index (χ3n) is 2.07. The van der Waals surface area contributed by atoms with Gasteiger partial charge in [-0.05, 0) is 30.0 Å². The third-order valence-corrected chi connectivity index (χ3v) is 2.87. The molecule has 1 heterocycles. The van der Waals surface area contributed by atoms with Crippen LogP contribution in [0.1, 0.15) is 10.4 Å². The van der Waals surface area contributed by atoms with Crippen LogP contribution in [0.15, 0.2) is 46.9 Å². The van der Waals surface area contributed by atoms with Crippen molar-refractivity contribution in [2.75, 3.05) is 5.43 Å². The van der Waals surface area contributed by atoms with Gasteiger partial charge in [0, 0.05) is 4.88 Å². The molecule has 1 aromatic heterocycles. The Morgan fingerprint density at radius 1 is 1.20 bits per heavy atom. The first-order valence-corrected chi connectivity index (χ1v) is 5.62. The predicted octanol–water partition coefficient (Wildman–Crippen LogP) is 3.50. The fourth-order valence-electron chi connectivity index (χ4n) is 1.23. The molecule has 76 valence electrons. The molecule has 0 fully saturated rings. The molecule has 0 aliphatic carbocycles. The van der Waals surface area contributed by atoms with Crippen molar-refractivity contribution in [1.82, 2.24) is 0 Å². The minimum absolute atomic E-state index is 1.05. The lowest BCUT2D eigenvalue weighted by molar-refractivity contribution is 1.31. The molecule has 0 amide bonds. The van der Waals surface area contributed by atoms with Gasteiger partial charge in [0.2, 0.25) is 0 Å². The standard InChI is InChI=1S/C12H12N2S/c1-10-5-2-3-7-12(10)14-13-9-11-6-4-8-15-11/h2-9,14H,1H3. The summed E-state index contributed by atoms with van der Waals surface area (Å²) in [6.07, 6.45) is 1.83. The van der Waals surface area contributed by atoms with E-state index in [1.54, 1.807) is 11.3 Å². The van der Waals surface area contributed by atoms with Crippen LogP contribution >= 0.6 is 11.3 Å². The molecule has 0 atom stereocenters. The fraction of sp³-hybridized carbons (Fsp3) is 0.0833. The summed E-state index contributed by atoms with van der Waals surface area (Å²) in [5.74, 6) is 0. The summed E-state index contributed by atoms with van der Waals surface area (Å²) in [7, 11) is 0. The highest BCUT2D eigenvalue weighted by atomic mass is 32.1. The number of hydrogen-bond donors (Lipinski definition) is 1. The summed E-state index contributed by atoms with van der Waals surface area (Å²) in [5, 5.41) is 6.22. The number of nitrogens with zero attached hydrogens (tertiary/aromatic N) is 1. The van der Waals surface area contributed by atoms with E-state index in [-0.39, 0.29) is 0 Å². The molecule has 0 bridgehead atoms. The molecule has 0 radical (unpaired) electrons. The van der Waals surface area contributed by atoms with Gasteiger partial charge in [-0.3, -0.25) is 5.43 Å². The average molecular weight is 216 g/mol. The second-order valence-corrected chi connectivity index (χ2v) is 4.18. The third kappa shape index (κ3) is 2.67. The average Bonchev–Trinajstić information content (AvgIpc) is 2.74. The second-order valence-electron chi connectivity index (χ2n) is 3.20. The van der Waals surface area contributed by atoms with E-state index in [0.717, 1.165) is 10.6 Å². The zero-order valence-corrected chi connectivity index (χ0v) is 9.29. The first-order valence-electron chi connectivity index (χ1n) is 4.74. The lowest BCUT2D eigenvalue weighted by Crippen LogP contribution is -1.91. The summed E-state index contributed by atoms with van der Waals surface area (Å²) in [4.78, 5) is 1.15. The molecular weight excluding hydrogens is 204 g/mol. The van der Waals surface area contributed by atoms with Gasteiger partial charge < -0.3 is 0 Å². The molecular formula is C12H12N2S. The number of rotatable bonds is 3. The van der Waals surface area contributed by atoms with Crippen LogP contribution in [0.25, 0.3) is 0 Å². The molecule has 0 aliphatic heterocycles. The quantitative estimate of drug-likeness (QED) is 0.616. The molecule has 0 unspecified atom stereocenters. The lowest BCUT2D eigenvalue weighted by Gasteiger charge is -2.02. The van der Waals surface area contributed by atoms with Gasteiger partial charge in [0.15, 0.2) is 0 Å². The Balaban J connectivity index is 2.02. The Kier molecular flexibility index (Phi) is 3.15. The number of benzene rings is 1. The molecule has 0 spiro atoms. The van der Waals surface area contributed by atoms with E-state index in [2.05, 4.69) is 23.5 Å². The van der Waals surface area contributed by atoms with Gasteiger partial charge >= 0.3 is 0 Å². The summed E-state index contributed by atoms with van der Waals surface area (Å²) in [5.41, 5.74) is 5.27. The molecule has 3 heteroatoms. The van der Waals surface area contributed by atoms with E-state index in [9.17, 15) is 0 Å². The Morgan fingerprint density at radius 2 is 2.07 bits per heavy atom. The molecule has 15 heavy (non-hydrogen) atoms. The number of aryl methyl sites for hydroxylation is 1. The Morgan fingerprint density at radius 3 is 2.80 bits per heavy atom. The van der Waals surface area contributed by atoms with Crippen molar-refractivity contribution in [1.29, 1.82) is 0 Å². The van der Waals surface area contributed by atoms with E-state index in [0.29, 0.717) is 0 Å². The fourth-order valence-corrected chi connectivity index (χ4v) is 1.81.